The van der Waals surface area contributed by atoms with Crippen LogP contribution in [0.5, 0.6) is 0 Å². The van der Waals surface area contributed by atoms with Crippen molar-refractivity contribution in [1.82, 2.24) is 8.87 Å². The van der Waals surface area contributed by atoms with Crippen molar-refractivity contribution in [3.63, 3.8) is 0 Å². The Bertz CT molecular complexity index is 1430. The van der Waals surface area contributed by atoms with Crippen LogP contribution in [0.3, 0.4) is 0 Å². The Balaban J connectivity index is 1.99. The number of thiazole rings is 1. The number of ether oxygens (including phenoxy) is 1. The van der Waals surface area contributed by atoms with E-state index in [1.54, 1.807) is 13.8 Å². The minimum Gasteiger partial charge on any atom is -0.465 e. The minimum atomic E-state index is -3.72. The molecule has 0 saturated heterocycles. The number of carbonyl (C=O) groups excluding carboxylic acids is 2. The number of hydrogen-bond donors (Lipinski definition) is 0. The molecule has 3 aromatic rings. The highest BCUT2D eigenvalue weighted by molar-refractivity contribution is 7.89. The van der Waals surface area contributed by atoms with E-state index in [-0.39, 0.29) is 32.1 Å². The fourth-order valence-corrected chi connectivity index (χ4v) is 6.10. The van der Waals surface area contributed by atoms with Crippen LogP contribution in [-0.2, 0) is 26.1 Å². The lowest BCUT2D eigenvalue weighted by molar-refractivity contribution is -0.143. The minimum absolute atomic E-state index is 0.0269. The van der Waals surface area contributed by atoms with E-state index in [1.165, 1.54) is 28.6 Å². The van der Waals surface area contributed by atoms with E-state index in [2.05, 4.69) is 4.99 Å². The molecule has 3 rings (SSSR count). The summed E-state index contributed by atoms with van der Waals surface area (Å²) in [6, 6.07) is 7.12. The van der Waals surface area contributed by atoms with E-state index in [0.717, 1.165) is 34.8 Å². The summed E-state index contributed by atoms with van der Waals surface area (Å²) in [5, 5.41) is 0. The highest BCUT2D eigenvalue weighted by Crippen LogP contribution is 2.23. The summed E-state index contributed by atoms with van der Waals surface area (Å²) in [5.41, 5.74) is 0.0199. The molecule has 0 unspecified atom stereocenters. The largest absolute Gasteiger partial charge is 0.465 e. The number of amides is 1. The van der Waals surface area contributed by atoms with Crippen LogP contribution in [0.2, 0.25) is 0 Å². The van der Waals surface area contributed by atoms with Crippen molar-refractivity contribution in [2.45, 2.75) is 45.1 Å². The molecule has 0 atom stereocenters. The monoisotopic (exact) mass is 539 g/mol. The summed E-state index contributed by atoms with van der Waals surface area (Å²) in [6.07, 6.45) is 1.58. The third kappa shape index (κ3) is 6.05. The molecule has 8 nitrogen and oxygen atoms in total. The van der Waals surface area contributed by atoms with Crippen molar-refractivity contribution in [2.75, 3.05) is 19.7 Å². The average molecular weight is 540 g/mol. The van der Waals surface area contributed by atoms with E-state index >= 15 is 0 Å². The number of carbonyl (C=O) groups is 2. The van der Waals surface area contributed by atoms with Gasteiger partial charge in [-0.1, -0.05) is 31.6 Å². The predicted octanol–water partition coefficient (Wildman–Crippen LogP) is 4.10. The zero-order chi connectivity index (χ0) is 26.5. The van der Waals surface area contributed by atoms with Crippen LogP contribution in [-0.4, -0.2) is 48.9 Å². The predicted molar refractivity (Wildman–Crippen MR) is 132 cm³/mol. The van der Waals surface area contributed by atoms with Crippen molar-refractivity contribution in [3.05, 3.63) is 58.4 Å². The summed E-state index contributed by atoms with van der Waals surface area (Å²) < 4.78 is 61.7. The van der Waals surface area contributed by atoms with Crippen molar-refractivity contribution in [2.24, 2.45) is 4.99 Å². The van der Waals surface area contributed by atoms with Crippen molar-refractivity contribution in [1.29, 1.82) is 0 Å². The fraction of sp³-hybridized carbons (Fsp3) is 0.375. The second-order valence-electron chi connectivity index (χ2n) is 7.80. The molecule has 0 saturated carbocycles. The van der Waals surface area contributed by atoms with Crippen LogP contribution in [0, 0.1) is 11.6 Å². The van der Waals surface area contributed by atoms with E-state index in [1.807, 2.05) is 6.92 Å². The Morgan fingerprint density at radius 2 is 1.81 bits per heavy atom. The molecule has 0 bridgehead atoms. The Morgan fingerprint density at radius 1 is 1.11 bits per heavy atom. The maximum absolute atomic E-state index is 14.6. The number of halogens is 2. The molecular formula is C24H27F2N3O5S2. The van der Waals surface area contributed by atoms with Crippen LogP contribution in [0.25, 0.3) is 10.2 Å². The number of aromatic nitrogens is 1. The summed E-state index contributed by atoms with van der Waals surface area (Å²) in [4.78, 5) is 29.0. The van der Waals surface area contributed by atoms with Gasteiger partial charge < -0.3 is 9.30 Å². The lowest BCUT2D eigenvalue weighted by Crippen LogP contribution is -2.31. The maximum atomic E-state index is 14.6. The quantitative estimate of drug-likeness (QED) is 0.362. The van der Waals surface area contributed by atoms with Gasteiger partial charge in [-0.3, -0.25) is 9.59 Å². The Morgan fingerprint density at radius 3 is 2.42 bits per heavy atom. The van der Waals surface area contributed by atoms with Gasteiger partial charge in [0, 0.05) is 24.7 Å². The molecule has 1 heterocycles. The Hall–Kier alpha value is -2.96. The maximum Gasteiger partial charge on any atom is 0.326 e. The van der Waals surface area contributed by atoms with E-state index < -0.39 is 40.1 Å². The van der Waals surface area contributed by atoms with Crippen LogP contribution in [0.4, 0.5) is 8.78 Å². The molecule has 12 heteroatoms. The van der Waals surface area contributed by atoms with Gasteiger partial charge in [-0.05, 0) is 43.7 Å². The summed E-state index contributed by atoms with van der Waals surface area (Å²) >= 11 is 0.842. The first kappa shape index (κ1) is 27.6. The lowest BCUT2D eigenvalue weighted by atomic mass is 10.2. The molecule has 0 aliphatic heterocycles. The van der Waals surface area contributed by atoms with Gasteiger partial charge in [0.2, 0.25) is 10.0 Å². The van der Waals surface area contributed by atoms with Gasteiger partial charge >= 0.3 is 5.97 Å². The van der Waals surface area contributed by atoms with Gasteiger partial charge in [0.05, 0.1) is 21.7 Å². The first-order valence-electron chi connectivity index (χ1n) is 11.5. The molecule has 0 aliphatic rings. The van der Waals surface area contributed by atoms with Gasteiger partial charge in [0.15, 0.2) is 10.6 Å². The Kier molecular flexibility index (Phi) is 9.09. The fourth-order valence-electron chi connectivity index (χ4n) is 3.55. The first-order chi connectivity index (χ1) is 17.1. The number of rotatable bonds is 10. The van der Waals surface area contributed by atoms with Gasteiger partial charge in [-0.25, -0.2) is 17.2 Å². The number of benzene rings is 2. The zero-order valence-electron chi connectivity index (χ0n) is 20.2. The number of fused-ring (bicyclic) bond motifs is 1. The standard InChI is InChI=1S/C24H27F2N3O5S2/c1-4-7-12-28(5-2)36(32,33)18-10-8-16(9-11-18)23(31)27-24-29(15-21(30)34-6-3)22-19(26)13-17(25)14-20(22)35-24/h8-11,13-14H,4-7,12,15H2,1-3H3. The van der Waals surface area contributed by atoms with Gasteiger partial charge in [0.1, 0.15) is 12.4 Å². The highest BCUT2D eigenvalue weighted by atomic mass is 32.2. The first-order valence-corrected chi connectivity index (χ1v) is 13.7. The van der Waals surface area contributed by atoms with E-state index in [0.29, 0.717) is 19.2 Å². The molecule has 194 valence electrons. The van der Waals surface area contributed by atoms with Crippen LogP contribution in [0.1, 0.15) is 44.0 Å². The number of unbranched alkanes of at least 4 members (excludes halogenated alkanes) is 1. The van der Waals surface area contributed by atoms with Gasteiger partial charge in [0.25, 0.3) is 5.91 Å². The normalized spacial score (nSPS) is 12.4. The summed E-state index contributed by atoms with van der Waals surface area (Å²) in [7, 11) is -3.72. The van der Waals surface area contributed by atoms with E-state index in [9.17, 15) is 26.8 Å². The molecule has 0 N–H and O–H groups in total. The average Bonchev–Trinajstić information content (AvgIpc) is 3.16. The number of sulfonamides is 1. The third-order valence-electron chi connectivity index (χ3n) is 5.34. The second-order valence-corrected chi connectivity index (χ2v) is 10.7. The van der Waals surface area contributed by atoms with Crippen molar-refractivity contribution in [3.8, 4) is 0 Å². The molecular weight excluding hydrogens is 512 g/mol. The SMILES string of the molecule is CCCCN(CC)S(=O)(=O)c1ccc(C(=O)N=c2sc3cc(F)cc(F)c3n2CC(=O)OCC)cc1. The molecule has 0 radical (unpaired) electrons. The van der Waals surface area contributed by atoms with Gasteiger partial charge in [-0.15, -0.1) is 0 Å². The van der Waals surface area contributed by atoms with E-state index in [4.69, 9.17) is 4.74 Å². The topological polar surface area (TPSA) is 98.0 Å². The summed E-state index contributed by atoms with van der Waals surface area (Å²) in [6.45, 7) is 5.75. The molecule has 2 aromatic carbocycles. The zero-order valence-corrected chi connectivity index (χ0v) is 21.8. The molecule has 0 aliphatic carbocycles. The molecule has 36 heavy (non-hydrogen) atoms. The second kappa shape index (κ2) is 11.8. The van der Waals surface area contributed by atoms with Crippen molar-refractivity contribution >= 4 is 43.5 Å². The van der Waals surface area contributed by atoms with Crippen LogP contribution < -0.4 is 4.80 Å². The van der Waals surface area contributed by atoms with Crippen LogP contribution in [0.15, 0.2) is 46.3 Å². The molecule has 0 fully saturated rings. The third-order valence-corrected chi connectivity index (χ3v) is 8.35. The number of esters is 1. The summed E-state index contributed by atoms with van der Waals surface area (Å²) in [5.74, 6) is -3.12. The molecule has 1 aromatic heterocycles. The Labute approximate surface area is 211 Å². The lowest BCUT2D eigenvalue weighted by Gasteiger charge is -2.20. The number of nitrogens with zero attached hydrogens (tertiary/aromatic N) is 3. The highest BCUT2D eigenvalue weighted by Gasteiger charge is 2.23. The smallest absolute Gasteiger partial charge is 0.326 e. The molecule has 0 spiro atoms. The molecule has 1 amide bonds. The number of hydrogen-bond acceptors (Lipinski definition) is 6. The van der Waals surface area contributed by atoms with Crippen molar-refractivity contribution < 1.29 is 31.5 Å². The van der Waals surface area contributed by atoms with Gasteiger partial charge in [-0.2, -0.15) is 9.30 Å². The van der Waals surface area contributed by atoms with Crippen LogP contribution >= 0.6 is 11.3 Å².